The molecular weight excluding hydrogens is 372 g/mol. The van der Waals surface area contributed by atoms with Crippen molar-refractivity contribution in [3.05, 3.63) is 54.6 Å². The lowest BCUT2D eigenvalue weighted by Crippen LogP contribution is -2.40. The van der Waals surface area contributed by atoms with E-state index in [1.807, 2.05) is 30.3 Å². The average molecular weight is 403 g/mol. The standard InChI is InChI=1S/C22H30N2O3S/c1-18-15-19(2)17-24(16-18)14-6-13-23-28(25,26)22-11-9-21(10-12-22)27-20-7-4-3-5-8-20/h3-5,7-12,18-19,23H,6,13-17H2,1-2H3/t18-,19-/m1/s1. The maximum atomic E-state index is 12.5. The Kier molecular flexibility index (Phi) is 7.10. The fourth-order valence-electron chi connectivity index (χ4n) is 3.88. The number of para-hydroxylation sites is 1. The van der Waals surface area contributed by atoms with Crippen molar-refractivity contribution >= 4 is 10.0 Å². The Labute approximate surface area is 168 Å². The molecule has 0 saturated carbocycles. The van der Waals surface area contributed by atoms with Crippen LogP contribution in [0.1, 0.15) is 26.7 Å². The Morgan fingerprint density at radius 2 is 1.57 bits per heavy atom. The summed E-state index contributed by atoms with van der Waals surface area (Å²) in [4.78, 5) is 2.70. The van der Waals surface area contributed by atoms with Gasteiger partial charge in [-0.05, 0) is 67.6 Å². The van der Waals surface area contributed by atoms with E-state index in [1.54, 1.807) is 24.3 Å². The van der Waals surface area contributed by atoms with Gasteiger partial charge in [-0.1, -0.05) is 32.0 Å². The van der Waals surface area contributed by atoms with Gasteiger partial charge in [0.05, 0.1) is 4.90 Å². The Morgan fingerprint density at radius 3 is 2.21 bits per heavy atom. The van der Waals surface area contributed by atoms with Crippen molar-refractivity contribution in [2.24, 2.45) is 11.8 Å². The lowest BCUT2D eigenvalue weighted by Gasteiger charge is -2.34. The Hall–Kier alpha value is -1.89. The average Bonchev–Trinajstić information content (AvgIpc) is 2.66. The van der Waals surface area contributed by atoms with Gasteiger partial charge in [0.2, 0.25) is 10.0 Å². The third kappa shape index (κ3) is 6.06. The molecule has 0 aliphatic carbocycles. The number of hydrogen-bond acceptors (Lipinski definition) is 4. The number of likely N-dealkylation sites (tertiary alicyclic amines) is 1. The smallest absolute Gasteiger partial charge is 0.240 e. The maximum absolute atomic E-state index is 12.5. The van der Waals surface area contributed by atoms with Gasteiger partial charge in [0.15, 0.2) is 0 Å². The van der Waals surface area contributed by atoms with Gasteiger partial charge >= 0.3 is 0 Å². The molecule has 2 aromatic rings. The van der Waals surface area contributed by atoms with Gasteiger partial charge in [-0.2, -0.15) is 0 Å². The molecule has 0 radical (unpaired) electrons. The van der Waals surface area contributed by atoms with Crippen LogP contribution in [-0.2, 0) is 10.0 Å². The summed E-state index contributed by atoms with van der Waals surface area (Å²) in [6.07, 6.45) is 2.10. The topological polar surface area (TPSA) is 58.6 Å². The molecule has 2 aromatic carbocycles. The van der Waals surface area contributed by atoms with Gasteiger partial charge in [0.25, 0.3) is 0 Å². The van der Waals surface area contributed by atoms with Gasteiger partial charge in [-0.15, -0.1) is 0 Å². The van der Waals surface area contributed by atoms with Gasteiger partial charge in [0, 0.05) is 19.6 Å². The minimum atomic E-state index is -3.50. The van der Waals surface area contributed by atoms with Crippen molar-refractivity contribution in [1.82, 2.24) is 9.62 Å². The fraction of sp³-hybridized carbons (Fsp3) is 0.455. The summed E-state index contributed by atoms with van der Waals surface area (Å²) >= 11 is 0. The van der Waals surface area contributed by atoms with Crippen LogP contribution >= 0.6 is 0 Å². The number of rotatable bonds is 8. The van der Waals surface area contributed by atoms with E-state index in [4.69, 9.17) is 4.74 Å². The molecule has 5 nitrogen and oxygen atoms in total. The number of nitrogens with zero attached hydrogens (tertiary/aromatic N) is 1. The van der Waals surface area contributed by atoms with E-state index in [9.17, 15) is 8.42 Å². The van der Waals surface area contributed by atoms with E-state index < -0.39 is 10.0 Å². The van der Waals surface area contributed by atoms with Gasteiger partial charge < -0.3 is 9.64 Å². The number of hydrogen-bond donors (Lipinski definition) is 1. The zero-order chi connectivity index (χ0) is 20.0. The molecule has 1 fully saturated rings. The van der Waals surface area contributed by atoms with Crippen LogP contribution < -0.4 is 9.46 Å². The molecule has 0 amide bonds. The van der Waals surface area contributed by atoms with Crippen molar-refractivity contribution < 1.29 is 13.2 Å². The highest BCUT2D eigenvalue weighted by Crippen LogP contribution is 2.23. The van der Waals surface area contributed by atoms with Crippen LogP contribution in [0.5, 0.6) is 11.5 Å². The molecular formula is C22H30N2O3S. The first-order chi connectivity index (χ1) is 13.4. The van der Waals surface area contributed by atoms with Crippen molar-refractivity contribution in [1.29, 1.82) is 0 Å². The third-order valence-electron chi connectivity index (χ3n) is 5.00. The predicted octanol–water partition coefficient (Wildman–Crippen LogP) is 4.13. The first-order valence-corrected chi connectivity index (χ1v) is 11.5. The van der Waals surface area contributed by atoms with Crippen LogP contribution in [0.25, 0.3) is 0 Å². The summed E-state index contributed by atoms with van der Waals surface area (Å²) in [5, 5.41) is 0. The predicted molar refractivity (Wildman–Crippen MR) is 112 cm³/mol. The van der Waals surface area contributed by atoms with Gasteiger partial charge in [-0.3, -0.25) is 0 Å². The van der Waals surface area contributed by atoms with E-state index in [-0.39, 0.29) is 4.90 Å². The molecule has 0 bridgehead atoms. The molecule has 28 heavy (non-hydrogen) atoms. The molecule has 3 rings (SSSR count). The molecule has 1 aliphatic heterocycles. The van der Waals surface area contributed by atoms with Crippen LogP contribution in [-0.4, -0.2) is 39.5 Å². The molecule has 0 unspecified atom stereocenters. The molecule has 1 aliphatic rings. The first-order valence-electron chi connectivity index (χ1n) is 9.97. The lowest BCUT2D eigenvalue weighted by atomic mass is 9.92. The van der Waals surface area contributed by atoms with E-state index in [2.05, 4.69) is 23.5 Å². The molecule has 0 spiro atoms. The maximum Gasteiger partial charge on any atom is 0.240 e. The van der Waals surface area contributed by atoms with E-state index in [1.165, 1.54) is 6.42 Å². The van der Waals surface area contributed by atoms with Crippen molar-refractivity contribution in [3.8, 4) is 11.5 Å². The Bertz CT molecular complexity index is 828. The highest BCUT2D eigenvalue weighted by Gasteiger charge is 2.21. The summed E-state index contributed by atoms with van der Waals surface area (Å²) in [5.41, 5.74) is 0. The largest absolute Gasteiger partial charge is 0.457 e. The van der Waals surface area contributed by atoms with Crippen LogP contribution in [0.15, 0.2) is 59.5 Å². The van der Waals surface area contributed by atoms with Crippen molar-refractivity contribution in [2.45, 2.75) is 31.6 Å². The Morgan fingerprint density at radius 1 is 0.964 bits per heavy atom. The summed E-state index contributed by atoms with van der Waals surface area (Å²) < 4.78 is 33.4. The molecule has 152 valence electrons. The molecule has 1 heterocycles. The normalized spacial score (nSPS) is 20.8. The van der Waals surface area contributed by atoms with Crippen molar-refractivity contribution in [3.63, 3.8) is 0 Å². The highest BCUT2D eigenvalue weighted by molar-refractivity contribution is 7.89. The monoisotopic (exact) mass is 402 g/mol. The molecule has 1 N–H and O–H groups in total. The third-order valence-corrected chi connectivity index (χ3v) is 6.48. The number of ether oxygens (including phenoxy) is 1. The van der Waals surface area contributed by atoms with Crippen LogP contribution in [0.3, 0.4) is 0 Å². The number of benzene rings is 2. The number of piperidine rings is 1. The zero-order valence-corrected chi connectivity index (χ0v) is 17.5. The summed E-state index contributed by atoms with van der Waals surface area (Å²) in [5.74, 6) is 2.77. The van der Waals surface area contributed by atoms with Crippen molar-refractivity contribution in [2.75, 3.05) is 26.2 Å². The molecule has 1 saturated heterocycles. The minimum Gasteiger partial charge on any atom is -0.457 e. The number of nitrogens with one attached hydrogen (secondary N) is 1. The fourth-order valence-corrected chi connectivity index (χ4v) is 4.95. The summed E-state index contributed by atoms with van der Waals surface area (Å²) in [6, 6.07) is 15.9. The first kappa shape index (κ1) is 20.8. The van der Waals surface area contributed by atoms with Gasteiger partial charge in [-0.25, -0.2) is 13.1 Å². The van der Waals surface area contributed by atoms with E-state index in [0.29, 0.717) is 12.3 Å². The molecule has 2 atom stereocenters. The summed E-state index contributed by atoms with van der Waals surface area (Å²) in [6.45, 7) is 8.18. The second kappa shape index (κ2) is 9.54. The van der Waals surface area contributed by atoms with Gasteiger partial charge in [0.1, 0.15) is 11.5 Å². The quantitative estimate of drug-likeness (QED) is 0.675. The number of sulfonamides is 1. The molecule has 0 aromatic heterocycles. The second-order valence-electron chi connectivity index (χ2n) is 7.84. The molecule has 6 heteroatoms. The zero-order valence-electron chi connectivity index (χ0n) is 16.7. The highest BCUT2D eigenvalue weighted by atomic mass is 32.2. The SMILES string of the molecule is C[C@@H]1C[C@@H](C)CN(CCCNS(=O)(=O)c2ccc(Oc3ccccc3)cc2)C1. The minimum absolute atomic E-state index is 0.258. The van der Waals surface area contributed by atoms with E-state index >= 15 is 0 Å². The summed E-state index contributed by atoms with van der Waals surface area (Å²) in [7, 11) is -3.50. The van der Waals surface area contributed by atoms with Crippen LogP contribution in [0.2, 0.25) is 0 Å². The second-order valence-corrected chi connectivity index (χ2v) is 9.61. The van der Waals surface area contributed by atoms with Crippen LogP contribution in [0.4, 0.5) is 0 Å². The lowest BCUT2D eigenvalue weighted by molar-refractivity contribution is 0.140. The Balaban J connectivity index is 1.47. The van der Waals surface area contributed by atoms with Crippen LogP contribution in [0, 0.1) is 11.8 Å². The van der Waals surface area contributed by atoms with E-state index in [0.717, 1.165) is 43.6 Å².